The van der Waals surface area contributed by atoms with E-state index >= 15 is 0 Å². The zero-order chi connectivity index (χ0) is 10.6. The van der Waals surface area contributed by atoms with Gasteiger partial charge in [-0.05, 0) is 0 Å². The van der Waals surface area contributed by atoms with E-state index in [-0.39, 0.29) is 5.95 Å². The number of aliphatic hydroxyl groups is 1. The number of hydrogen-bond donors (Lipinski definition) is 2. The van der Waals surface area contributed by atoms with E-state index < -0.39 is 5.95 Å². The largest absolute Gasteiger partial charge is 0.539 e. The van der Waals surface area contributed by atoms with Crippen molar-refractivity contribution in [1.82, 2.24) is 15.9 Å². The molecule has 0 saturated heterocycles. The molecule has 2 N–H and O–H groups in total. The van der Waals surface area contributed by atoms with Crippen LogP contribution in [-0.2, 0) is 11.9 Å². The minimum Gasteiger partial charge on any atom is -0.539 e. The van der Waals surface area contributed by atoms with Crippen LogP contribution in [0.2, 0.25) is 0 Å². The Kier molecular flexibility index (Phi) is 3.13. The number of rotatable bonds is 0. The summed E-state index contributed by atoms with van der Waals surface area (Å²) in [7, 11) is 3.33. The van der Waals surface area contributed by atoms with Crippen LogP contribution in [0.5, 0.6) is 5.95 Å². The van der Waals surface area contributed by atoms with Crippen molar-refractivity contribution >= 4 is 0 Å². The summed E-state index contributed by atoms with van der Waals surface area (Å²) in [4.78, 5) is 4.36. The second-order valence-electron chi connectivity index (χ2n) is 2.47. The molecule has 0 bridgehead atoms. The highest BCUT2D eigenvalue weighted by Crippen LogP contribution is 1.96. The van der Waals surface area contributed by atoms with Gasteiger partial charge in [-0.15, -0.1) is 0 Å². The van der Waals surface area contributed by atoms with Crippen LogP contribution in [0.4, 0.5) is 0 Å². The molecular formula is C6H10N4O4. The average Bonchev–Trinajstić information content (AvgIpc) is 2.63. The Morgan fingerprint density at radius 2 is 2.43 bits per heavy atom. The smallest absolute Gasteiger partial charge is 0.317 e. The second-order valence-corrected chi connectivity index (χ2v) is 2.47. The molecule has 0 spiro atoms. The summed E-state index contributed by atoms with van der Waals surface area (Å²) >= 11 is 0. The van der Waals surface area contributed by atoms with Crippen LogP contribution in [0.3, 0.4) is 0 Å². The van der Waals surface area contributed by atoms with Gasteiger partial charge in [0.05, 0.1) is 5.27 Å². The zero-order valence-corrected chi connectivity index (χ0v) is 7.67. The molecule has 1 aromatic rings. The van der Waals surface area contributed by atoms with Crippen LogP contribution in [0.15, 0.2) is 22.9 Å². The standard InChI is InChI=1S/C3H6N2O2.C3H4N2O2/c2*1-5-2-3(6)7-4-5/h2,4,6H,1H3;2H,1H3. The van der Waals surface area contributed by atoms with Crippen molar-refractivity contribution in [3.63, 3.8) is 0 Å². The quantitative estimate of drug-likeness (QED) is 0.484. The highest BCUT2D eigenvalue weighted by Gasteiger charge is 2.04. The molecule has 0 atom stereocenters. The normalized spacial score (nSPS) is 14.1. The first kappa shape index (κ1) is 10.1. The molecule has 0 unspecified atom stereocenters. The van der Waals surface area contributed by atoms with Gasteiger partial charge in [-0.2, -0.15) is 0 Å². The maximum Gasteiger partial charge on any atom is 0.317 e. The van der Waals surface area contributed by atoms with E-state index in [2.05, 4.69) is 20.2 Å². The second kappa shape index (κ2) is 4.33. The van der Waals surface area contributed by atoms with E-state index in [1.165, 1.54) is 22.1 Å². The maximum absolute atomic E-state index is 10.0. The summed E-state index contributed by atoms with van der Waals surface area (Å²) in [5, 5.41) is 23.2. The highest BCUT2D eigenvalue weighted by atomic mass is 16.8. The first-order chi connectivity index (χ1) is 6.58. The van der Waals surface area contributed by atoms with E-state index in [0.29, 0.717) is 0 Å². The van der Waals surface area contributed by atoms with Crippen LogP contribution < -0.4 is 15.4 Å². The fraction of sp³-hybridized carbons (Fsp3) is 0.333. The van der Waals surface area contributed by atoms with Crippen molar-refractivity contribution in [2.45, 2.75) is 0 Å². The van der Waals surface area contributed by atoms with Gasteiger partial charge in [0.1, 0.15) is 12.1 Å². The number of aromatic nitrogens is 2. The minimum absolute atomic E-state index is 0.109. The summed E-state index contributed by atoms with van der Waals surface area (Å²) in [6, 6.07) is 0. The van der Waals surface area contributed by atoms with Gasteiger partial charge < -0.3 is 19.6 Å². The summed E-state index contributed by atoms with van der Waals surface area (Å²) < 4.78 is 5.43. The van der Waals surface area contributed by atoms with Crippen molar-refractivity contribution in [1.29, 1.82) is 0 Å². The minimum atomic E-state index is -0.414. The molecule has 0 radical (unpaired) electrons. The zero-order valence-electron chi connectivity index (χ0n) is 7.67. The van der Waals surface area contributed by atoms with E-state index in [9.17, 15) is 5.11 Å². The number of aliphatic hydroxyl groups excluding tert-OH is 1. The first-order valence-corrected chi connectivity index (χ1v) is 3.63. The Morgan fingerprint density at radius 1 is 1.71 bits per heavy atom. The topological polar surface area (TPSA) is 97.7 Å². The summed E-state index contributed by atoms with van der Waals surface area (Å²) in [5.41, 5.74) is 2.36. The number of nitrogens with zero attached hydrogens (tertiary/aromatic N) is 3. The SMILES string of the molecule is CN1C=C(O)ON1.C[n+]1cc([O-])on1. The highest BCUT2D eigenvalue weighted by molar-refractivity contribution is 4.80. The summed E-state index contributed by atoms with van der Waals surface area (Å²) in [6.45, 7) is 0. The fourth-order valence-electron chi connectivity index (χ4n) is 0.641. The Balaban J connectivity index is 0.000000140. The Morgan fingerprint density at radius 3 is 2.57 bits per heavy atom. The lowest BCUT2D eigenvalue weighted by Crippen LogP contribution is -2.27. The van der Waals surface area contributed by atoms with E-state index in [1.54, 1.807) is 14.1 Å². The molecule has 0 aliphatic carbocycles. The van der Waals surface area contributed by atoms with Crippen molar-refractivity contribution in [3.05, 3.63) is 18.3 Å². The van der Waals surface area contributed by atoms with Gasteiger partial charge in [0.15, 0.2) is 7.05 Å². The van der Waals surface area contributed by atoms with Crippen LogP contribution in [0.1, 0.15) is 0 Å². The molecule has 2 heterocycles. The third-order valence-electron chi connectivity index (χ3n) is 1.15. The molecule has 0 saturated carbocycles. The predicted molar refractivity (Wildman–Crippen MR) is 39.8 cm³/mol. The van der Waals surface area contributed by atoms with Gasteiger partial charge in [0.2, 0.25) is 6.20 Å². The lowest BCUT2D eigenvalue weighted by molar-refractivity contribution is -0.739. The maximum atomic E-state index is 10.0. The van der Waals surface area contributed by atoms with Crippen LogP contribution in [-0.4, -0.2) is 22.4 Å². The average molecular weight is 202 g/mol. The molecule has 14 heavy (non-hydrogen) atoms. The number of hydrazine groups is 1. The van der Waals surface area contributed by atoms with Gasteiger partial charge >= 0.3 is 5.95 Å². The monoisotopic (exact) mass is 202 g/mol. The van der Waals surface area contributed by atoms with Crippen LogP contribution in [0.25, 0.3) is 0 Å². The molecule has 0 fully saturated rings. The molecule has 8 nitrogen and oxygen atoms in total. The summed E-state index contributed by atoms with van der Waals surface area (Å²) in [6.07, 6.45) is 2.67. The van der Waals surface area contributed by atoms with Gasteiger partial charge in [0.25, 0.3) is 0 Å². The Hall–Kier alpha value is -1.96. The number of hydrogen-bond acceptors (Lipinski definition) is 7. The summed E-state index contributed by atoms with van der Waals surface area (Å²) in [5.74, 6) is -0.523. The van der Waals surface area contributed by atoms with Crippen molar-refractivity contribution in [3.8, 4) is 5.95 Å². The van der Waals surface area contributed by atoms with Gasteiger partial charge in [0, 0.05) is 7.05 Å². The predicted octanol–water partition coefficient (Wildman–Crippen LogP) is -1.70. The molecule has 8 heteroatoms. The lowest BCUT2D eigenvalue weighted by Gasteiger charge is -2.01. The lowest BCUT2D eigenvalue weighted by atomic mass is 10.9. The van der Waals surface area contributed by atoms with Crippen LogP contribution in [0, 0.1) is 0 Å². The van der Waals surface area contributed by atoms with Crippen LogP contribution >= 0.6 is 0 Å². The molecular weight excluding hydrogens is 192 g/mol. The molecule has 1 aromatic heterocycles. The third kappa shape index (κ3) is 3.19. The molecule has 1 aliphatic heterocycles. The van der Waals surface area contributed by atoms with Gasteiger partial charge in [-0.3, -0.25) is 5.01 Å². The van der Waals surface area contributed by atoms with E-state index in [4.69, 9.17) is 5.11 Å². The van der Waals surface area contributed by atoms with Gasteiger partial charge in [-0.25, -0.2) is 0 Å². The van der Waals surface area contributed by atoms with Crippen molar-refractivity contribution in [2.24, 2.45) is 7.05 Å². The number of nitrogens with one attached hydrogen (secondary N) is 1. The molecule has 0 amide bonds. The fourth-order valence-corrected chi connectivity index (χ4v) is 0.641. The Bertz CT molecular complexity index is 307. The molecule has 2 rings (SSSR count). The molecule has 0 aromatic carbocycles. The first-order valence-electron chi connectivity index (χ1n) is 3.63. The van der Waals surface area contributed by atoms with Crippen molar-refractivity contribution in [2.75, 3.05) is 7.05 Å². The third-order valence-corrected chi connectivity index (χ3v) is 1.15. The van der Waals surface area contributed by atoms with E-state index in [1.807, 2.05) is 0 Å². The van der Waals surface area contributed by atoms with Crippen molar-refractivity contribution < 1.29 is 24.3 Å². The van der Waals surface area contributed by atoms with Gasteiger partial charge in [-0.1, -0.05) is 10.3 Å². The van der Waals surface area contributed by atoms with E-state index in [0.717, 1.165) is 0 Å². The molecule has 78 valence electrons. The number of aryl methyl sites for hydroxylation is 1. The molecule has 1 aliphatic rings. The Labute approximate surface area is 79.5 Å².